The molecule has 2 aliphatic rings. The monoisotopic (exact) mass is 558 g/mol. The van der Waals surface area contributed by atoms with Crippen LogP contribution in [0.3, 0.4) is 0 Å². The van der Waals surface area contributed by atoms with Gasteiger partial charge in [-0.1, -0.05) is 82.7 Å². The zero-order chi connectivity index (χ0) is 25.6. The first kappa shape index (κ1) is 25.0. The van der Waals surface area contributed by atoms with Crippen molar-refractivity contribution in [3.8, 4) is 5.75 Å². The molecule has 1 aliphatic carbocycles. The topological polar surface area (TPSA) is 68.2 Å². The number of fused-ring (bicyclic) bond motifs is 1. The fourth-order valence-electron chi connectivity index (χ4n) is 4.89. The summed E-state index contributed by atoms with van der Waals surface area (Å²) in [4.78, 5) is 25.6. The van der Waals surface area contributed by atoms with Crippen molar-refractivity contribution in [1.29, 1.82) is 0 Å². The Kier molecular flexibility index (Phi) is 7.80. The standard InChI is InChI=1S/C30H27BrN2O4/c31-24-14-8-15-25(18-24)36-20-28(35)37-19-27(34)33-30(22-11-5-2-6-12-22)26-16-7-13-23(29(26)32-33)17-21-9-3-1-4-10-21/h1-6,8-12,14-15,17-18,26,30H,7,13,16,19-20H2. The second-order valence-electron chi connectivity index (χ2n) is 9.06. The highest BCUT2D eigenvalue weighted by molar-refractivity contribution is 9.10. The minimum Gasteiger partial charge on any atom is -0.482 e. The van der Waals surface area contributed by atoms with Crippen molar-refractivity contribution in [2.24, 2.45) is 11.0 Å². The first-order chi connectivity index (χ1) is 18.1. The summed E-state index contributed by atoms with van der Waals surface area (Å²) in [5.41, 5.74) is 4.23. The Bertz CT molecular complexity index is 1320. The third-order valence-electron chi connectivity index (χ3n) is 6.55. The molecule has 7 heteroatoms. The Morgan fingerprint density at radius 1 is 0.973 bits per heavy atom. The van der Waals surface area contributed by atoms with Crippen LogP contribution < -0.4 is 4.74 Å². The van der Waals surface area contributed by atoms with Crippen LogP contribution in [-0.4, -0.2) is 35.8 Å². The van der Waals surface area contributed by atoms with Crippen molar-refractivity contribution in [3.63, 3.8) is 0 Å². The molecule has 3 aromatic carbocycles. The van der Waals surface area contributed by atoms with Crippen LogP contribution in [0.1, 0.15) is 36.4 Å². The number of esters is 1. The largest absolute Gasteiger partial charge is 0.482 e. The summed E-state index contributed by atoms with van der Waals surface area (Å²) in [6, 6.07) is 27.1. The zero-order valence-corrected chi connectivity index (χ0v) is 21.8. The summed E-state index contributed by atoms with van der Waals surface area (Å²) in [6.45, 7) is -0.682. The Labute approximate surface area is 224 Å². The average molecular weight is 559 g/mol. The summed E-state index contributed by atoms with van der Waals surface area (Å²) >= 11 is 3.37. The second kappa shape index (κ2) is 11.6. The van der Waals surface area contributed by atoms with Gasteiger partial charge in [0.25, 0.3) is 5.91 Å². The number of rotatable bonds is 7. The summed E-state index contributed by atoms with van der Waals surface area (Å²) in [7, 11) is 0. The Hall–Kier alpha value is -3.71. The van der Waals surface area contributed by atoms with Crippen LogP contribution in [0.2, 0.25) is 0 Å². The molecule has 3 aromatic rings. The summed E-state index contributed by atoms with van der Waals surface area (Å²) in [5, 5.41) is 6.35. The van der Waals surface area contributed by atoms with Gasteiger partial charge >= 0.3 is 5.97 Å². The van der Waals surface area contributed by atoms with E-state index in [9.17, 15) is 9.59 Å². The van der Waals surface area contributed by atoms with Crippen molar-refractivity contribution in [1.82, 2.24) is 5.01 Å². The van der Waals surface area contributed by atoms with Gasteiger partial charge in [0.1, 0.15) is 5.75 Å². The number of hydrogen-bond acceptors (Lipinski definition) is 5. The number of hydrogen-bond donors (Lipinski definition) is 0. The number of nitrogens with zero attached hydrogens (tertiary/aromatic N) is 2. The maximum absolute atomic E-state index is 13.3. The summed E-state index contributed by atoms with van der Waals surface area (Å²) in [5.74, 6) is -0.343. The lowest BCUT2D eigenvalue weighted by molar-refractivity contribution is -0.154. The van der Waals surface area contributed by atoms with Crippen LogP contribution in [0, 0.1) is 5.92 Å². The maximum atomic E-state index is 13.3. The van der Waals surface area contributed by atoms with E-state index in [1.807, 2.05) is 60.7 Å². The lowest BCUT2D eigenvalue weighted by Crippen LogP contribution is -2.35. The van der Waals surface area contributed by atoms with Crippen LogP contribution >= 0.6 is 15.9 Å². The number of ether oxygens (including phenoxy) is 2. The minimum absolute atomic E-state index is 0.0885. The fraction of sp³-hybridized carbons (Fsp3) is 0.233. The van der Waals surface area contributed by atoms with Crippen LogP contribution in [0.5, 0.6) is 5.75 Å². The SMILES string of the molecule is O=C(COc1cccc(Br)c1)OCC(=O)N1N=C2C(=Cc3ccccc3)CCCC2C1c1ccccc1. The molecule has 1 fully saturated rings. The van der Waals surface area contributed by atoms with Crippen molar-refractivity contribution in [2.45, 2.75) is 25.3 Å². The molecule has 0 N–H and O–H groups in total. The molecule has 37 heavy (non-hydrogen) atoms. The molecule has 188 valence electrons. The van der Waals surface area contributed by atoms with E-state index in [1.165, 1.54) is 5.01 Å². The molecule has 0 saturated heterocycles. The normalized spacial score (nSPS) is 19.8. The Morgan fingerprint density at radius 3 is 2.49 bits per heavy atom. The van der Waals surface area contributed by atoms with Crippen molar-refractivity contribution in [2.75, 3.05) is 13.2 Å². The van der Waals surface area contributed by atoms with Gasteiger partial charge in [-0.25, -0.2) is 9.80 Å². The fourth-order valence-corrected chi connectivity index (χ4v) is 5.27. The lowest BCUT2D eigenvalue weighted by atomic mass is 9.77. The molecule has 2 unspecified atom stereocenters. The van der Waals surface area contributed by atoms with Gasteiger partial charge in [0.15, 0.2) is 13.2 Å². The molecule has 1 amide bonds. The van der Waals surface area contributed by atoms with E-state index in [-0.39, 0.29) is 24.5 Å². The van der Waals surface area contributed by atoms with E-state index < -0.39 is 12.6 Å². The molecule has 1 aliphatic heterocycles. The first-order valence-electron chi connectivity index (χ1n) is 12.3. The average Bonchev–Trinajstić information content (AvgIpc) is 3.32. The van der Waals surface area contributed by atoms with Crippen molar-refractivity contribution >= 4 is 39.6 Å². The van der Waals surface area contributed by atoms with E-state index in [4.69, 9.17) is 14.6 Å². The molecule has 0 aromatic heterocycles. The van der Waals surface area contributed by atoms with Gasteiger partial charge in [0.2, 0.25) is 0 Å². The van der Waals surface area contributed by atoms with Gasteiger partial charge in [-0.2, -0.15) is 5.10 Å². The predicted octanol–water partition coefficient (Wildman–Crippen LogP) is 6.19. The molecular formula is C30H27BrN2O4. The third-order valence-corrected chi connectivity index (χ3v) is 7.04. The lowest BCUT2D eigenvalue weighted by Gasteiger charge is -2.29. The molecule has 1 saturated carbocycles. The number of amides is 1. The van der Waals surface area contributed by atoms with Crippen LogP contribution in [0.15, 0.2) is 100 Å². The highest BCUT2D eigenvalue weighted by Crippen LogP contribution is 2.44. The van der Waals surface area contributed by atoms with E-state index >= 15 is 0 Å². The van der Waals surface area contributed by atoms with E-state index in [0.29, 0.717) is 5.75 Å². The zero-order valence-electron chi connectivity index (χ0n) is 20.3. The Balaban J connectivity index is 1.32. The number of carbonyl (C=O) groups excluding carboxylic acids is 2. The van der Waals surface area contributed by atoms with Gasteiger partial charge in [0, 0.05) is 10.4 Å². The number of carbonyl (C=O) groups is 2. The minimum atomic E-state index is -0.612. The number of hydrazone groups is 1. The Morgan fingerprint density at radius 2 is 1.73 bits per heavy atom. The van der Waals surface area contributed by atoms with E-state index in [2.05, 4.69) is 34.1 Å². The summed E-state index contributed by atoms with van der Waals surface area (Å²) in [6.07, 6.45) is 5.04. The van der Waals surface area contributed by atoms with Gasteiger partial charge < -0.3 is 9.47 Å². The molecular weight excluding hydrogens is 532 g/mol. The van der Waals surface area contributed by atoms with Gasteiger partial charge in [0.05, 0.1) is 11.8 Å². The van der Waals surface area contributed by atoms with Crippen molar-refractivity contribution in [3.05, 3.63) is 106 Å². The molecule has 6 nitrogen and oxygen atoms in total. The van der Waals surface area contributed by atoms with Gasteiger partial charge in [-0.3, -0.25) is 4.79 Å². The first-order valence-corrected chi connectivity index (χ1v) is 13.1. The van der Waals surface area contributed by atoms with Crippen LogP contribution in [0.4, 0.5) is 0 Å². The second-order valence-corrected chi connectivity index (χ2v) is 9.98. The maximum Gasteiger partial charge on any atom is 0.344 e. The van der Waals surface area contributed by atoms with Gasteiger partial charge in [-0.15, -0.1) is 0 Å². The third kappa shape index (κ3) is 6.00. The molecule has 0 spiro atoms. The number of benzene rings is 3. The summed E-state index contributed by atoms with van der Waals surface area (Å²) < 4.78 is 11.6. The van der Waals surface area contributed by atoms with E-state index in [1.54, 1.807) is 12.1 Å². The number of allylic oxidation sites excluding steroid dienone is 1. The van der Waals surface area contributed by atoms with Crippen LogP contribution in [-0.2, 0) is 14.3 Å². The quantitative estimate of drug-likeness (QED) is 0.324. The van der Waals surface area contributed by atoms with Crippen molar-refractivity contribution < 1.29 is 19.1 Å². The molecule has 0 radical (unpaired) electrons. The van der Waals surface area contributed by atoms with Crippen LogP contribution in [0.25, 0.3) is 6.08 Å². The number of halogens is 1. The molecule has 2 atom stereocenters. The molecule has 1 heterocycles. The molecule has 5 rings (SSSR count). The predicted molar refractivity (Wildman–Crippen MR) is 146 cm³/mol. The van der Waals surface area contributed by atoms with E-state index in [0.717, 1.165) is 46.1 Å². The highest BCUT2D eigenvalue weighted by Gasteiger charge is 2.43. The molecule has 0 bridgehead atoms. The highest BCUT2D eigenvalue weighted by atomic mass is 79.9. The van der Waals surface area contributed by atoms with Gasteiger partial charge in [-0.05, 0) is 60.2 Å². The smallest absolute Gasteiger partial charge is 0.344 e.